The predicted molar refractivity (Wildman–Crippen MR) is 404 cm³/mol. The molecule has 0 aromatic heterocycles. The van der Waals surface area contributed by atoms with Crippen LogP contribution in [0.4, 0.5) is 0 Å². The molecule has 0 fully saturated rings. The normalized spacial score (nSPS) is 14.3. The van der Waals surface area contributed by atoms with Crippen molar-refractivity contribution in [2.45, 2.75) is 419 Å². The molecular weight excluding hydrogens is 1290 g/mol. The van der Waals surface area contributed by atoms with E-state index in [0.29, 0.717) is 25.7 Å². The zero-order valence-electron chi connectivity index (χ0n) is 64.1. The van der Waals surface area contributed by atoms with E-state index in [1.165, 1.54) is 205 Å². The van der Waals surface area contributed by atoms with Crippen LogP contribution in [-0.4, -0.2) is 96.7 Å². The van der Waals surface area contributed by atoms with Gasteiger partial charge in [0.25, 0.3) is 0 Å². The van der Waals surface area contributed by atoms with Gasteiger partial charge in [0, 0.05) is 25.7 Å². The van der Waals surface area contributed by atoms with Gasteiger partial charge in [0.1, 0.15) is 19.3 Å². The van der Waals surface area contributed by atoms with Crippen LogP contribution in [0.2, 0.25) is 0 Å². The third-order valence-corrected chi connectivity index (χ3v) is 20.4. The van der Waals surface area contributed by atoms with Crippen molar-refractivity contribution in [2.24, 2.45) is 5.92 Å². The molecular formula is C80H152O17P2. The van der Waals surface area contributed by atoms with Gasteiger partial charge in [-0.05, 0) is 57.3 Å². The Kier molecular flexibility index (Phi) is 70.7. The minimum atomic E-state index is -4.97. The predicted octanol–water partition coefficient (Wildman–Crippen LogP) is 23.6. The van der Waals surface area contributed by atoms with Crippen LogP contribution in [0.15, 0.2) is 24.3 Å². The van der Waals surface area contributed by atoms with Crippen LogP contribution in [-0.2, 0) is 65.4 Å². The largest absolute Gasteiger partial charge is 0.472 e. The van der Waals surface area contributed by atoms with Gasteiger partial charge in [-0.1, -0.05) is 348 Å². The summed E-state index contributed by atoms with van der Waals surface area (Å²) in [7, 11) is -9.93. The first-order valence-electron chi connectivity index (χ1n) is 41.0. The van der Waals surface area contributed by atoms with Crippen LogP contribution in [0.5, 0.6) is 0 Å². The summed E-state index contributed by atoms with van der Waals surface area (Å²) in [5.41, 5.74) is 0. The first-order chi connectivity index (χ1) is 48.1. The zero-order chi connectivity index (χ0) is 72.7. The highest BCUT2D eigenvalue weighted by atomic mass is 31.2. The Balaban J connectivity index is 5.28. The Bertz CT molecular complexity index is 1990. The van der Waals surface area contributed by atoms with Crippen LogP contribution in [0.1, 0.15) is 401 Å². The minimum Gasteiger partial charge on any atom is -0.462 e. The molecule has 17 nitrogen and oxygen atoms in total. The molecule has 0 rings (SSSR count). The molecule has 0 saturated carbocycles. The molecule has 3 unspecified atom stereocenters. The molecule has 0 amide bonds. The third-order valence-electron chi connectivity index (χ3n) is 18.5. The van der Waals surface area contributed by atoms with Crippen molar-refractivity contribution in [1.29, 1.82) is 0 Å². The van der Waals surface area contributed by atoms with Crippen molar-refractivity contribution < 1.29 is 80.2 Å². The minimum absolute atomic E-state index is 0.102. The van der Waals surface area contributed by atoms with E-state index in [9.17, 15) is 43.2 Å². The lowest BCUT2D eigenvalue weighted by molar-refractivity contribution is -0.161. The molecule has 0 spiro atoms. The number of aliphatic hydroxyl groups is 1. The summed E-state index contributed by atoms with van der Waals surface area (Å²) < 4.78 is 68.6. The van der Waals surface area contributed by atoms with Crippen LogP contribution >= 0.6 is 15.6 Å². The van der Waals surface area contributed by atoms with E-state index in [-0.39, 0.29) is 25.7 Å². The number of allylic oxidation sites excluding steroid dienone is 4. The molecule has 0 heterocycles. The fourth-order valence-electron chi connectivity index (χ4n) is 11.8. The molecule has 0 aliphatic carbocycles. The molecule has 3 N–H and O–H groups in total. The molecule has 0 bridgehead atoms. The maximum atomic E-state index is 13.1. The monoisotopic (exact) mass is 1450 g/mol. The number of carbonyl (C=O) groups is 4. The number of ether oxygens (including phenoxy) is 4. The number of phosphoric ester groups is 2. The average Bonchev–Trinajstić information content (AvgIpc) is 1.01. The van der Waals surface area contributed by atoms with E-state index in [1.54, 1.807) is 0 Å². The van der Waals surface area contributed by atoms with Crippen LogP contribution in [0.3, 0.4) is 0 Å². The van der Waals surface area contributed by atoms with Gasteiger partial charge in [-0.2, -0.15) is 0 Å². The molecule has 6 atom stereocenters. The maximum absolute atomic E-state index is 13.1. The second-order valence-corrected chi connectivity index (χ2v) is 31.3. The summed E-state index contributed by atoms with van der Waals surface area (Å²) in [6, 6.07) is 0. The molecule has 99 heavy (non-hydrogen) atoms. The van der Waals surface area contributed by atoms with E-state index >= 15 is 0 Å². The van der Waals surface area contributed by atoms with Gasteiger partial charge in [-0.25, -0.2) is 9.13 Å². The molecule has 0 radical (unpaired) electrons. The van der Waals surface area contributed by atoms with Gasteiger partial charge >= 0.3 is 39.5 Å². The molecule has 584 valence electrons. The zero-order valence-corrected chi connectivity index (χ0v) is 65.9. The highest BCUT2D eigenvalue weighted by Crippen LogP contribution is 2.45. The first kappa shape index (κ1) is 96.5. The van der Waals surface area contributed by atoms with Gasteiger partial charge in [0.2, 0.25) is 0 Å². The van der Waals surface area contributed by atoms with Crippen LogP contribution in [0, 0.1) is 5.92 Å². The molecule has 19 heteroatoms. The lowest BCUT2D eigenvalue weighted by atomic mass is 9.99. The summed E-state index contributed by atoms with van der Waals surface area (Å²) in [6.45, 7) is 7.26. The Morgan fingerprint density at radius 2 is 0.566 bits per heavy atom. The number of aliphatic hydroxyl groups excluding tert-OH is 1. The fraction of sp³-hybridized carbons (Fsp3) is 0.900. The average molecular weight is 1450 g/mol. The van der Waals surface area contributed by atoms with Crippen molar-refractivity contribution in [3.63, 3.8) is 0 Å². The second-order valence-electron chi connectivity index (χ2n) is 28.4. The number of esters is 4. The van der Waals surface area contributed by atoms with Gasteiger partial charge in [-0.15, -0.1) is 0 Å². The van der Waals surface area contributed by atoms with Crippen LogP contribution < -0.4 is 0 Å². The standard InChI is InChI=1S/C80H152O17P2/c1-6-10-13-16-19-22-25-28-30-31-32-33-35-38-41-44-51-56-61-66-80(85)96-75(69-90-77(82)63-58-53-48-42-39-37-34-29-26-23-20-17-14-11-7-2)71-94-98(86,87)92-67-74(81)68-93-99(88,89)95-72-76(70-91-78(83)64-59-54-49-46-45-47-52-57-62-73(5)9-4)97-79(84)65-60-55-50-43-40-36-27-24-21-18-15-12-8-3/h23,26,29,34,73-76,81H,6-22,24-25,27-28,30-33,35-72H2,1-5H3,(H,86,87)(H,88,89)/b26-23-,34-29-/t73?,74-,75-,76-/m1/s1. The molecule has 0 saturated heterocycles. The van der Waals surface area contributed by atoms with Crippen molar-refractivity contribution in [1.82, 2.24) is 0 Å². The first-order valence-corrected chi connectivity index (χ1v) is 44.0. The SMILES string of the molecule is CCCCCC/C=C\C=C/CCCCCCCC(=O)OC[C@H](COP(=O)(O)OC[C@@H](O)COP(=O)(O)OC[C@@H](COC(=O)CCCCCCCCCCC(C)CC)OC(=O)CCCCCCCCCCCCCCC)OC(=O)CCCCCCCCCCCCCCCCCCCCC. The van der Waals surface area contributed by atoms with E-state index < -0.39 is 97.5 Å². The van der Waals surface area contributed by atoms with Gasteiger partial charge in [0.15, 0.2) is 12.2 Å². The Labute approximate surface area is 605 Å². The lowest BCUT2D eigenvalue weighted by Gasteiger charge is -2.21. The number of carbonyl (C=O) groups excluding carboxylic acids is 4. The van der Waals surface area contributed by atoms with E-state index in [0.717, 1.165) is 115 Å². The lowest BCUT2D eigenvalue weighted by Crippen LogP contribution is -2.30. The summed E-state index contributed by atoms with van der Waals surface area (Å²) in [6.07, 6.45) is 65.9. The number of hydrogen-bond acceptors (Lipinski definition) is 15. The maximum Gasteiger partial charge on any atom is 0.472 e. The van der Waals surface area contributed by atoms with Gasteiger partial charge in [0.05, 0.1) is 26.4 Å². The number of hydrogen-bond donors (Lipinski definition) is 3. The Morgan fingerprint density at radius 1 is 0.323 bits per heavy atom. The van der Waals surface area contributed by atoms with E-state index in [1.807, 2.05) is 0 Å². The summed E-state index contributed by atoms with van der Waals surface area (Å²) in [4.78, 5) is 73.0. The number of rotatable bonds is 78. The van der Waals surface area contributed by atoms with E-state index in [2.05, 4.69) is 58.9 Å². The highest BCUT2D eigenvalue weighted by Gasteiger charge is 2.30. The fourth-order valence-corrected chi connectivity index (χ4v) is 13.4. The second kappa shape index (κ2) is 72.5. The molecule has 0 aliphatic rings. The molecule has 0 aliphatic heterocycles. The Hall–Kier alpha value is -2.46. The van der Waals surface area contributed by atoms with Gasteiger partial charge < -0.3 is 33.8 Å². The van der Waals surface area contributed by atoms with Crippen molar-refractivity contribution >= 4 is 39.5 Å². The van der Waals surface area contributed by atoms with Crippen molar-refractivity contribution in [3.05, 3.63) is 24.3 Å². The smallest absolute Gasteiger partial charge is 0.462 e. The highest BCUT2D eigenvalue weighted by molar-refractivity contribution is 7.47. The number of unbranched alkanes of at least 4 members (excludes halogenated alkanes) is 46. The summed E-state index contributed by atoms with van der Waals surface area (Å²) in [5.74, 6) is -1.36. The topological polar surface area (TPSA) is 237 Å². The van der Waals surface area contributed by atoms with E-state index in [4.69, 9.17) is 37.0 Å². The quantitative estimate of drug-likeness (QED) is 0.0169. The molecule has 0 aromatic rings. The number of phosphoric acid groups is 2. The van der Waals surface area contributed by atoms with Crippen molar-refractivity contribution in [3.8, 4) is 0 Å². The third kappa shape index (κ3) is 72.3. The summed E-state index contributed by atoms with van der Waals surface area (Å²) in [5, 5.41) is 10.6. The van der Waals surface area contributed by atoms with Crippen LogP contribution in [0.25, 0.3) is 0 Å². The van der Waals surface area contributed by atoms with Crippen molar-refractivity contribution in [2.75, 3.05) is 39.6 Å². The Morgan fingerprint density at radius 3 is 0.859 bits per heavy atom. The van der Waals surface area contributed by atoms with Gasteiger partial charge in [-0.3, -0.25) is 37.3 Å². The summed E-state index contributed by atoms with van der Waals surface area (Å²) >= 11 is 0. The molecule has 0 aromatic carbocycles.